The Morgan fingerprint density at radius 2 is 1.93 bits per heavy atom. The molecule has 0 aromatic carbocycles. The van der Waals surface area contributed by atoms with E-state index in [-0.39, 0.29) is 5.97 Å². The van der Waals surface area contributed by atoms with Crippen LogP contribution in [0.3, 0.4) is 0 Å². The van der Waals surface area contributed by atoms with Crippen molar-refractivity contribution in [3.05, 3.63) is 23.3 Å². The molecule has 1 aliphatic carbocycles. The number of hydrogen-bond donors (Lipinski definition) is 0. The van der Waals surface area contributed by atoms with E-state index in [0.29, 0.717) is 0 Å². The Morgan fingerprint density at radius 1 is 1.29 bits per heavy atom. The van der Waals surface area contributed by atoms with E-state index in [9.17, 15) is 9.59 Å². The summed E-state index contributed by atoms with van der Waals surface area (Å²) < 4.78 is 4.47. The molecule has 0 N–H and O–H groups in total. The predicted molar refractivity (Wildman–Crippen MR) is 52.7 cm³/mol. The van der Waals surface area contributed by atoms with Crippen LogP contribution in [0.25, 0.3) is 0 Å². The topological polar surface area (TPSA) is 43.4 Å². The molecule has 0 aromatic rings. The summed E-state index contributed by atoms with van der Waals surface area (Å²) in [4.78, 5) is 21.5. The summed E-state index contributed by atoms with van der Waals surface area (Å²) in [6.45, 7) is 0. The van der Waals surface area contributed by atoms with Crippen LogP contribution in [0.2, 0.25) is 0 Å². The summed E-state index contributed by atoms with van der Waals surface area (Å²) in [7, 11) is 1.34. The van der Waals surface area contributed by atoms with Crippen LogP contribution in [0, 0.1) is 0 Å². The predicted octanol–water partition coefficient (Wildman–Crippen LogP) is 1.79. The molecular weight excluding hydrogens is 180 g/mol. The zero-order valence-corrected chi connectivity index (χ0v) is 8.29. The first-order valence-corrected chi connectivity index (χ1v) is 4.71. The molecule has 0 radical (unpaired) electrons. The molecule has 0 amide bonds. The fourth-order valence-corrected chi connectivity index (χ4v) is 1.51. The van der Waals surface area contributed by atoms with Gasteiger partial charge >= 0.3 is 5.97 Å². The normalized spacial score (nSPS) is 17.2. The van der Waals surface area contributed by atoms with E-state index in [1.165, 1.54) is 13.2 Å². The molecule has 0 saturated heterocycles. The van der Waals surface area contributed by atoms with E-state index in [1.807, 2.05) is 0 Å². The highest BCUT2D eigenvalue weighted by Crippen LogP contribution is 2.24. The van der Waals surface area contributed by atoms with Gasteiger partial charge in [0.25, 0.3) is 0 Å². The van der Waals surface area contributed by atoms with Gasteiger partial charge < -0.3 is 4.74 Å². The lowest BCUT2D eigenvalue weighted by atomic mass is 9.92. The molecule has 0 spiro atoms. The van der Waals surface area contributed by atoms with E-state index in [1.54, 1.807) is 6.08 Å². The highest BCUT2D eigenvalue weighted by molar-refractivity contribution is 5.83. The minimum absolute atomic E-state index is 0.381. The van der Waals surface area contributed by atoms with Crippen LogP contribution in [0.1, 0.15) is 25.7 Å². The molecule has 1 rings (SSSR count). The Kier molecular flexibility index (Phi) is 4.11. The summed E-state index contributed by atoms with van der Waals surface area (Å²) in [5, 5.41) is 0. The number of hydrogen-bond acceptors (Lipinski definition) is 3. The van der Waals surface area contributed by atoms with Crippen LogP contribution in [0.5, 0.6) is 0 Å². The quantitative estimate of drug-likeness (QED) is 0.391. The molecule has 3 heteroatoms. The number of aldehydes is 1. The lowest BCUT2D eigenvalue weighted by Gasteiger charge is -2.12. The van der Waals surface area contributed by atoms with Crippen molar-refractivity contribution < 1.29 is 14.3 Å². The molecule has 76 valence electrons. The first-order chi connectivity index (χ1) is 6.77. The monoisotopic (exact) mass is 194 g/mol. The Hall–Kier alpha value is -1.38. The molecule has 0 bridgehead atoms. The van der Waals surface area contributed by atoms with Crippen LogP contribution in [-0.4, -0.2) is 19.4 Å². The van der Waals surface area contributed by atoms with E-state index in [4.69, 9.17) is 0 Å². The van der Waals surface area contributed by atoms with Crippen molar-refractivity contribution in [3.8, 4) is 0 Å². The van der Waals surface area contributed by atoms with E-state index in [2.05, 4.69) is 4.74 Å². The molecule has 0 aromatic heterocycles. The second kappa shape index (κ2) is 5.37. The Labute approximate surface area is 83.4 Å². The van der Waals surface area contributed by atoms with Crippen molar-refractivity contribution in [2.45, 2.75) is 25.7 Å². The lowest BCUT2D eigenvalue weighted by molar-refractivity contribution is -0.134. The van der Waals surface area contributed by atoms with Gasteiger partial charge in [-0.1, -0.05) is 6.08 Å². The number of methoxy groups -OCH3 is 1. The highest BCUT2D eigenvalue weighted by atomic mass is 16.5. The summed E-state index contributed by atoms with van der Waals surface area (Å²) >= 11 is 0. The van der Waals surface area contributed by atoms with Crippen LogP contribution >= 0.6 is 0 Å². The Balaban J connectivity index is 2.73. The van der Waals surface area contributed by atoms with Crippen molar-refractivity contribution in [2.24, 2.45) is 0 Å². The number of allylic oxidation sites excluding steroid dienone is 3. The zero-order valence-electron chi connectivity index (χ0n) is 8.29. The fourth-order valence-electron chi connectivity index (χ4n) is 1.51. The van der Waals surface area contributed by atoms with Gasteiger partial charge in [0.05, 0.1) is 7.11 Å². The maximum absolute atomic E-state index is 10.8. The van der Waals surface area contributed by atoms with Gasteiger partial charge in [0, 0.05) is 6.08 Å². The van der Waals surface area contributed by atoms with Gasteiger partial charge in [-0.3, -0.25) is 4.79 Å². The van der Waals surface area contributed by atoms with Crippen molar-refractivity contribution in [3.63, 3.8) is 0 Å². The number of ether oxygens (including phenoxy) is 1. The molecule has 0 atom stereocenters. The van der Waals surface area contributed by atoms with Gasteiger partial charge in [0.1, 0.15) is 6.29 Å². The van der Waals surface area contributed by atoms with Crippen LogP contribution in [0.4, 0.5) is 0 Å². The smallest absolute Gasteiger partial charge is 0.330 e. The Bertz CT molecular complexity index is 287. The van der Waals surface area contributed by atoms with Gasteiger partial charge in [0.2, 0.25) is 0 Å². The molecular formula is C11H14O3. The third kappa shape index (κ3) is 2.83. The third-order valence-electron chi connectivity index (χ3n) is 2.32. The second-order valence-corrected chi connectivity index (χ2v) is 3.23. The van der Waals surface area contributed by atoms with Crippen molar-refractivity contribution in [2.75, 3.05) is 7.11 Å². The SMILES string of the molecule is COC(=O)/C=C/C1=C(C=O)CCCC1. The lowest BCUT2D eigenvalue weighted by Crippen LogP contribution is -2.00. The molecule has 0 unspecified atom stereocenters. The van der Waals surface area contributed by atoms with E-state index < -0.39 is 0 Å². The largest absolute Gasteiger partial charge is 0.466 e. The summed E-state index contributed by atoms with van der Waals surface area (Å²) in [5.74, 6) is -0.381. The molecule has 14 heavy (non-hydrogen) atoms. The van der Waals surface area contributed by atoms with Gasteiger partial charge in [-0.2, -0.15) is 0 Å². The van der Waals surface area contributed by atoms with Gasteiger partial charge in [-0.05, 0) is 36.8 Å². The minimum atomic E-state index is -0.381. The molecule has 0 fully saturated rings. The Morgan fingerprint density at radius 3 is 2.50 bits per heavy atom. The number of carbonyl (C=O) groups is 2. The summed E-state index contributed by atoms with van der Waals surface area (Å²) in [6, 6.07) is 0. The zero-order chi connectivity index (χ0) is 10.4. The fraction of sp³-hybridized carbons (Fsp3) is 0.455. The number of rotatable bonds is 3. The summed E-state index contributed by atoms with van der Waals surface area (Å²) in [5.41, 5.74) is 1.79. The van der Waals surface area contributed by atoms with Crippen LogP contribution in [0.15, 0.2) is 23.3 Å². The average molecular weight is 194 g/mol. The standard InChI is InChI=1S/C11H14O3/c1-14-11(13)7-6-9-4-2-3-5-10(9)8-12/h6-8H,2-5H2,1H3/b7-6+. The van der Waals surface area contributed by atoms with Crippen molar-refractivity contribution >= 4 is 12.3 Å². The maximum atomic E-state index is 10.8. The van der Waals surface area contributed by atoms with Crippen LogP contribution < -0.4 is 0 Å². The van der Waals surface area contributed by atoms with Crippen molar-refractivity contribution in [1.29, 1.82) is 0 Å². The molecule has 3 nitrogen and oxygen atoms in total. The van der Waals surface area contributed by atoms with Crippen molar-refractivity contribution in [1.82, 2.24) is 0 Å². The third-order valence-corrected chi connectivity index (χ3v) is 2.32. The number of carbonyl (C=O) groups excluding carboxylic acids is 2. The van der Waals surface area contributed by atoms with E-state index >= 15 is 0 Å². The van der Waals surface area contributed by atoms with Gasteiger partial charge in [-0.25, -0.2) is 4.79 Å². The minimum Gasteiger partial charge on any atom is -0.466 e. The average Bonchev–Trinajstić information content (AvgIpc) is 2.26. The highest BCUT2D eigenvalue weighted by Gasteiger charge is 2.09. The van der Waals surface area contributed by atoms with Gasteiger partial charge in [-0.15, -0.1) is 0 Å². The molecule has 0 saturated carbocycles. The van der Waals surface area contributed by atoms with E-state index in [0.717, 1.165) is 43.1 Å². The first-order valence-electron chi connectivity index (χ1n) is 4.71. The maximum Gasteiger partial charge on any atom is 0.330 e. The number of esters is 1. The van der Waals surface area contributed by atoms with Crippen LogP contribution in [-0.2, 0) is 14.3 Å². The second-order valence-electron chi connectivity index (χ2n) is 3.23. The summed E-state index contributed by atoms with van der Waals surface area (Å²) in [6.07, 6.45) is 7.78. The molecule has 1 aliphatic rings. The first kappa shape index (κ1) is 10.7. The van der Waals surface area contributed by atoms with Gasteiger partial charge in [0.15, 0.2) is 0 Å². The molecule has 0 aliphatic heterocycles. The molecule has 0 heterocycles.